The third-order valence-electron chi connectivity index (χ3n) is 4.42. The van der Waals surface area contributed by atoms with Crippen molar-refractivity contribution in [2.45, 2.75) is 44.2 Å². The maximum absolute atomic E-state index is 12.8. The average molecular weight is 320 g/mol. The highest BCUT2D eigenvalue weighted by Crippen LogP contribution is 2.21. The Morgan fingerprint density at radius 1 is 1.09 bits per heavy atom. The second-order valence-electron chi connectivity index (χ2n) is 6.05. The van der Waals surface area contributed by atoms with Gasteiger partial charge in [-0.1, -0.05) is 0 Å². The summed E-state index contributed by atoms with van der Waals surface area (Å²) < 4.78 is 12.8. The first-order valence-corrected chi connectivity index (χ1v) is 8.02. The van der Waals surface area contributed by atoms with Gasteiger partial charge in [-0.25, -0.2) is 9.18 Å². The molecule has 3 rings (SSSR count). The van der Waals surface area contributed by atoms with Crippen LogP contribution in [-0.4, -0.2) is 35.5 Å². The van der Waals surface area contributed by atoms with Gasteiger partial charge in [0, 0.05) is 12.6 Å². The summed E-state index contributed by atoms with van der Waals surface area (Å²) >= 11 is 0. The minimum absolute atomic E-state index is 0.158. The van der Waals surface area contributed by atoms with E-state index < -0.39 is 6.04 Å². The van der Waals surface area contributed by atoms with Crippen LogP contribution in [0.2, 0.25) is 0 Å². The van der Waals surface area contributed by atoms with E-state index in [1.165, 1.54) is 24.3 Å². The lowest BCUT2D eigenvalue weighted by atomic mass is 9.93. The van der Waals surface area contributed by atoms with Crippen molar-refractivity contribution in [1.82, 2.24) is 15.6 Å². The quantitative estimate of drug-likeness (QED) is 0.743. The van der Waals surface area contributed by atoms with E-state index in [1.54, 1.807) is 4.90 Å². The summed E-state index contributed by atoms with van der Waals surface area (Å²) in [6.07, 6.45) is 4.64. The average Bonchev–Trinajstić information content (AvgIpc) is 2.99. The van der Waals surface area contributed by atoms with E-state index in [0.29, 0.717) is 18.7 Å². The number of carbonyl (C=O) groups is 2. The van der Waals surface area contributed by atoms with Gasteiger partial charge in [-0.15, -0.1) is 0 Å². The second kappa shape index (κ2) is 6.85. The molecule has 1 heterocycles. The van der Waals surface area contributed by atoms with Crippen LogP contribution in [-0.2, 0) is 4.79 Å². The SMILES string of the molecule is O=C(NNc1ccc(F)cc1)C1CCCN1C(=O)NC1CCC1. The van der Waals surface area contributed by atoms with Crippen LogP contribution in [0.25, 0.3) is 0 Å². The van der Waals surface area contributed by atoms with E-state index in [-0.39, 0.29) is 23.8 Å². The molecule has 1 unspecified atom stereocenters. The summed E-state index contributed by atoms with van der Waals surface area (Å²) in [4.78, 5) is 26.1. The molecule has 0 spiro atoms. The highest BCUT2D eigenvalue weighted by molar-refractivity contribution is 5.88. The summed E-state index contributed by atoms with van der Waals surface area (Å²) in [6.45, 7) is 0.590. The van der Waals surface area contributed by atoms with Crippen molar-refractivity contribution < 1.29 is 14.0 Å². The molecule has 6 nitrogen and oxygen atoms in total. The molecule has 1 saturated heterocycles. The molecule has 1 aliphatic heterocycles. The van der Waals surface area contributed by atoms with Crippen LogP contribution in [0.4, 0.5) is 14.9 Å². The molecule has 1 saturated carbocycles. The number of halogens is 1. The standard InChI is InChI=1S/C16H21FN4O2/c17-11-6-8-13(9-7-11)19-20-15(22)14-5-2-10-21(14)16(23)18-12-3-1-4-12/h6-9,12,14,19H,1-5,10H2,(H,18,23)(H,20,22). The van der Waals surface area contributed by atoms with Crippen LogP contribution < -0.4 is 16.2 Å². The first kappa shape index (κ1) is 15.6. The molecular weight excluding hydrogens is 299 g/mol. The molecule has 2 fully saturated rings. The Bertz CT molecular complexity index is 574. The van der Waals surface area contributed by atoms with Gasteiger partial charge in [0.2, 0.25) is 0 Å². The van der Waals surface area contributed by atoms with E-state index in [0.717, 1.165) is 25.7 Å². The number of carbonyl (C=O) groups excluding carboxylic acids is 2. The lowest BCUT2D eigenvalue weighted by Crippen LogP contribution is -2.53. The fraction of sp³-hybridized carbons (Fsp3) is 0.500. The molecule has 2 aliphatic rings. The van der Waals surface area contributed by atoms with Crippen molar-refractivity contribution in [2.24, 2.45) is 0 Å². The molecule has 3 amide bonds. The molecule has 7 heteroatoms. The van der Waals surface area contributed by atoms with Crippen LogP contribution in [0.15, 0.2) is 24.3 Å². The van der Waals surface area contributed by atoms with E-state index in [1.807, 2.05) is 0 Å². The third kappa shape index (κ3) is 3.72. The molecule has 3 N–H and O–H groups in total. The number of rotatable bonds is 4. The Balaban J connectivity index is 1.52. The largest absolute Gasteiger partial charge is 0.335 e. The van der Waals surface area contributed by atoms with Gasteiger partial charge in [0.25, 0.3) is 5.91 Å². The lowest BCUT2D eigenvalue weighted by molar-refractivity contribution is -0.124. The smallest absolute Gasteiger partial charge is 0.318 e. The van der Waals surface area contributed by atoms with Gasteiger partial charge in [0.15, 0.2) is 0 Å². The molecule has 1 aromatic carbocycles. The molecule has 0 aromatic heterocycles. The number of urea groups is 1. The first-order chi connectivity index (χ1) is 11.1. The van der Waals surface area contributed by atoms with Gasteiger partial charge < -0.3 is 10.2 Å². The molecule has 0 radical (unpaired) electrons. The first-order valence-electron chi connectivity index (χ1n) is 8.02. The summed E-state index contributed by atoms with van der Waals surface area (Å²) in [7, 11) is 0. The number of amides is 3. The fourth-order valence-electron chi connectivity index (χ4n) is 2.84. The molecule has 1 aliphatic carbocycles. The summed E-state index contributed by atoms with van der Waals surface area (Å²) in [5.74, 6) is -0.591. The summed E-state index contributed by atoms with van der Waals surface area (Å²) in [5.41, 5.74) is 5.93. The maximum atomic E-state index is 12.8. The van der Waals surface area contributed by atoms with Crippen molar-refractivity contribution in [3.63, 3.8) is 0 Å². The van der Waals surface area contributed by atoms with Crippen molar-refractivity contribution in [2.75, 3.05) is 12.0 Å². The van der Waals surface area contributed by atoms with Crippen molar-refractivity contribution in [3.05, 3.63) is 30.1 Å². The number of hydrogen-bond acceptors (Lipinski definition) is 3. The monoisotopic (exact) mass is 320 g/mol. The van der Waals surface area contributed by atoms with Crippen molar-refractivity contribution >= 4 is 17.6 Å². The fourth-order valence-corrected chi connectivity index (χ4v) is 2.84. The Morgan fingerprint density at radius 3 is 2.48 bits per heavy atom. The van der Waals surface area contributed by atoms with Gasteiger partial charge in [-0.05, 0) is 56.4 Å². The van der Waals surface area contributed by atoms with E-state index in [2.05, 4.69) is 16.2 Å². The van der Waals surface area contributed by atoms with Gasteiger partial charge in [0.05, 0.1) is 5.69 Å². The van der Waals surface area contributed by atoms with Crippen LogP contribution in [0.1, 0.15) is 32.1 Å². The zero-order valence-corrected chi connectivity index (χ0v) is 12.8. The van der Waals surface area contributed by atoms with Crippen LogP contribution in [0.5, 0.6) is 0 Å². The zero-order chi connectivity index (χ0) is 16.2. The van der Waals surface area contributed by atoms with Gasteiger partial charge in [0.1, 0.15) is 11.9 Å². The van der Waals surface area contributed by atoms with Crippen molar-refractivity contribution in [1.29, 1.82) is 0 Å². The van der Waals surface area contributed by atoms with E-state index >= 15 is 0 Å². The molecule has 23 heavy (non-hydrogen) atoms. The van der Waals surface area contributed by atoms with Gasteiger partial charge in [-0.2, -0.15) is 0 Å². The summed E-state index contributed by atoms with van der Waals surface area (Å²) in [5, 5.41) is 2.97. The van der Waals surface area contributed by atoms with Gasteiger partial charge >= 0.3 is 6.03 Å². The predicted octanol–water partition coefficient (Wildman–Crippen LogP) is 2.00. The van der Waals surface area contributed by atoms with Crippen LogP contribution in [0, 0.1) is 5.82 Å². The van der Waals surface area contributed by atoms with E-state index in [9.17, 15) is 14.0 Å². The minimum Gasteiger partial charge on any atom is -0.335 e. The number of hydrogen-bond donors (Lipinski definition) is 3. The molecule has 0 bridgehead atoms. The number of benzene rings is 1. The number of hydrazine groups is 1. The Kier molecular flexibility index (Phi) is 4.64. The third-order valence-corrected chi connectivity index (χ3v) is 4.42. The van der Waals surface area contributed by atoms with E-state index in [4.69, 9.17) is 0 Å². The molecule has 1 atom stereocenters. The Labute approximate surface area is 134 Å². The zero-order valence-electron chi connectivity index (χ0n) is 12.8. The summed E-state index contributed by atoms with van der Waals surface area (Å²) in [6, 6.07) is 5.31. The number of likely N-dealkylation sites (tertiary alicyclic amines) is 1. The Morgan fingerprint density at radius 2 is 1.83 bits per heavy atom. The normalized spacial score (nSPS) is 20.7. The van der Waals surface area contributed by atoms with Crippen LogP contribution >= 0.6 is 0 Å². The minimum atomic E-state index is -0.469. The predicted molar refractivity (Wildman–Crippen MR) is 84.1 cm³/mol. The number of nitrogens with zero attached hydrogens (tertiary/aromatic N) is 1. The topological polar surface area (TPSA) is 73.5 Å². The second-order valence-corrected chi connectivity index (χ2v) is 6.05. The van der Waals surface area contributed by atoms with Crippen LogP contribution in [0.3, 0.4) is 0 Å². The molecular formula is C16H21FN4O2. The number of nitrogens with one attached hydrogen (secondary N) is 3. The highest BCUT2D eigenvalue weighted by atomic mass is 19.1. The molecule has 1 aromatic rings. The van der Waals surface area contributed by atoms with Crippen molar-refractivity contribution in [3.8, 4) is 0 Å². The maximum Gasteiger partial charge on any atom is 0.318 e. The number of anilines is 1. The highest BCUT2D eigenvalue weighted by Gasteiger charge is 2.35. The lowest BCUT2D eigenvalue weighted by Gasteiger charge is -2.31. The van der Waals surface area contributed by atoms with Gasteiger partial charge in [-0.3, -0.25) is 15.6 Å². The Hall–Kier alpha value is -2.31. The molecule has 124 valence electrons.